The van der Waals surface area contributed by atoms with Crippen molar-refractivity contribution < 1.29 is 4.74 Å². The Morgan fingerprint density at radius 2 is 1.82 bits per heavy atom. The fourth-order valence-corrected chi connectivity index (χ4v) is 5.00. The van der Waals surface area contributed by atoms with Crippen molar-refractivity contribution in [2.24, 2.45) is 7.05 Å². The van der Waals surface area contributed by atoms with Crippen molar-refractivity contribution in [1.29, 1.82) is 0 Å². The number of piperazine rings is 1. The molecule has 3 heterocycles. The molecule has 206 valence electrons. The van der Waals surface area contributed by atoms with Gasteiger partial charge in [0.15, 0.2) is 0 Å². The quantitative estimate of drug-likeness (QED) is 0.318. The number of hydrogen-bond acceptors (Lipinski definition) is 9. The third-order valence-electron chi connectivity index (χ3n) is 7.22. The van der Waals surface area contributed by atoms with Gasteiger partial charge in [0.2, 0.25) is 0 Å². The topological polar surface area (TPSA) is 86.6 Å². The summed E-state index contributed by atoms with van der Waals surface area (Å²) in [5, 5.41) is 12.3. The second-order valence-corrected chi connectivity index (χ2v) is 10.1. The van der Waals surface area contributed by atoms with Crippen molar-refractivity contribution in [3.63, 3.8) is 0 Å². The summed E-state index contributed by atoms with van der Waals surface area (Å²) < 4.78 is 7.98. The van der Waals surface area contributed by atoms with Crippen LogP contribution in [0.25, 0.3) is 22.2 Å². The fraction of sp³-hybridized carbons (Fsp3) is 0.414. The molecule has 10 heteroatoms. The first-order valence-electron chi connectivity index (χ1n) is 13.6. The molecule has 1 aliphatic heterocycles. The average molecular weight is 530 g/mol. The Morgan fingerprint density at radius 1 is 1.00 bits per heavy atom. The summed E-state index contributed by atoms with van der Waals surface area (Å²) in [4.78, 5) is 16.2. The normalized spacial score (nSPS) is 14.3. The summed E-state index contributed by atoms with van der Waals surface area (Å²) in [6.07, 6.45) is 3.46. The van der Waals surface area contributed by atoms with Crippen LogP contribution in [0, 0.1) is 0 Å². The summed E-state index contributed by atoms with van der Waals surface area (Å²) in [5.74, 6) is 1.51. The van der Waals surface area contributed by atoms with Gasteiger partial charge in [0.1, 0.15) is 17.9 Å². The number of hydrogen-bond donors (Lipinski definition) is 2. The first kappa shape index (κ1) is 26.7. The maximum Gasteiger partial charge on any atom is 0.144 e. The van der Waals surface area contributed by atoms with Crippen LogP contribution in [0.3, 0.4) is 0 Å². The molecule has 0 amide bonds. The van der Waals surface area contributed by atoms with E-state index in [1.54, 1.807) is 6.33 Å². The Kier molecular flexibility index (Phi) is 8.13. The Hall–Kier alpha value is -3.89. The fourth-order valence-electron chi connectivity index (χ4n) is 5.00. The molecule has 2 aromatic carbocycles. The zero-order valence-corrected chi connectivity index (χ0v) is 23.6. The first-order chi connectivity index (χ1) is 18.9. The molecule has 0 bridgehead atoms. The largest absolute Gasteiger partial charge is 0.492 e. The number of fused-ring (bicyclic) bond motifs is 1. The van der Waals surface area contributed by atoms with Crippen LogP contribution >= 0.6 is 0 Å². The summed E-state index contributed by atoms with van der Waals surface area (Å²) in [7, 11) is 8.17. The molecule has 0 radical (unpaired) electrons. The summed E-state index contributed by atoms with van der Waals surface area (Å²) in [6.45, 7) is 8.84. The van der Waals surface area contributed by atoms with Gasteiger partial charge in [0.05, 0.1) is 41.1 Å². The molecule has 0 atom stereocenters. The molecular formula is C29H39N9O. The molecule has 0 spiro atoms. The monoisotopic (exact) mass is 529 g/mol. The van der Waals surface area contributed by atoms with Crippen LogP contribution in [-0.2, 0) is 7.05 Å². The standard InChI is InChI=1S/C29H39N9O/c1-6-39-28-18-27(38-13-11-37(12-14-38)10-9-35(3)4)24(30-2)16-25(28)34-29-17-23(31-20-32-29)21-7-8-26-22(15-21)19-33-36(26)5/h7-8,15-20,30H,6,9-14H2,1-5H3,(H,31,32,34). The van der Waals surface area contributed by atoms with E-state index < -0.39 is 0 Å². The van der Waals surface area contributed by atoms with E-state index in [1.807, 2.05) is 38.0 Å². The van der Waals surface area contributed by atoms with Crippen molar-refractivity contribution in [1.82, 2.24) is 29.5 Å². The van der Waals surface area contributed by atoms with Crippen molar-refractivity contribution in [3.8, 4) is 17.0 Å². The van der Waals surface area contributed by atoms with Gasteiger partial charge < -0.3 is 25.2 Å². The smallest absolute Gasteiger partial charge is 0.144 e. The van der Waals surface area contributed by atoms with Gasteiger partial charge in [-0.1, -0.05) is 6.07 Å². The van der Waals surface area contributed by atoms with Crippen molar-refractivity contribution in [2.45, 2.75) is 6.92 Å². The second kappa shape index (κ2) is 11.9. The lowest BCUT2D eigenvalue weighted by molar-refractivity contribution is 0.229. The van der Waals surface area contributed by atoms with E-state index >= 15 is 0 Å². The molecule has 5 rings (SSSR count). The van der Waals surface area contributed by atoms with Crippen LogP contribution < -0.4 is 20.3 Å². The van der Waals surface area contributed by atoms with Crippen LogP contribution in [0.5, 0.6) is 5.75 Å². The van der Waals surface area contributed by atoms with Gasteiger partial charge in [-0.05, 0) is 39.2 Å². The van der Waals surface area contributed by atoms with Crippen LogP contribution in [-0.4, -0.2) is 96.6 Å². The van der Waals surface area contributed by atoms with E-state index in [0.717, 1.165) is 84.2 Å². The maximum absolute atomic E-state index is 6.11. The Morgan fingerprint density at radius 3 is 2.56 bits per heavy atom. The highest BCUT2D eigenvalue weighted by molar-refractivity contribution is 5.85. The van der Waals surface area contributed by atoms with E-state index in [1.165, 1.54) is 0 Å². The Balaban J connectivity index is 1.37. The SMILES string of the molecule is CCOc1cc(N2CCN(CCN(C)C)CC2)c(NC)cc1Nc1cc(-c2ccc3c(cnn3C)c2)ncn1. The third kappa shape index (κ3) is 6.07. The summed E-state index contributed by atoms with van der Waals surface area (Å²) in [5.41, 5.74) is 6.02. The van der Waals surface area contributed by atoms with Crippen molar-refractivity contribution in [3.05, 3.63) is 48.9 Å². The number of rotatable bonds is 10. The third-order valence-corrected chi connectivity index (χ3v) is 7.22. The van der Waals surface area contributed by atoms with E-state index in [0.29, 0.717) is 12.4 Å². The molecule has 4 aromatic rings. The van der Waals surface area contributed by atoms with Crippen LogP contribution in [0.15, 0.2) is 48.9 Å². The number of nitrogens with one attached hydrogen (secondary N) is 2. The molecule has 0 saturated carbocycles. The minimum Gasteiger partial charge on any atom is -0.492 e. The van der Waals surface area contributed by atoms with Crippen molar-refractivity contribution in [2.75, 3.05) is 82.6 Å². The Bertz CT molecular complexity index is 1410. The lowest BCUT2D eigenvalue weighted by Crippen LogP contribution is -2.48. The number of anilines is 4. The lowest BCUT2D eigenvalue weighted by atomic mass is 10.1. The van der Waals surface area contributed by atoms with Gasteiger partial charge in [0.25, 0.3) is 0 Å². The van der Waals surface area contributed by atoms with E-state index in [2.05, 4.69) is 84.8 Å². The zero-order valence-electron chi connectivity index (χ0n) is 23.6. The Labute approximate surface area is 230 Å². The highest BCUT2D eigenvalue weighted by atomic mass is 16.5. The van der Waals surface area contributed by atoms with Crippen LogP contribution in [0.4, 0.5) is 22.9 Å². The van der Waals surface area contributed by atoms with Crippen molar-refractivity contribution >= 4 is 33.8 Å². The molecule has 2 N–H and O–H groups in total. The molecule has 1 saturated heterocycles. The highest BCUT2D eigenvalue weighted by Crippen LogP contribution is 2.39. The molecular weight excluding hydrogens is 490 g/mol. The molecule has 1 aliphatic rings. The molecule has 1 fully saturated rings. The number of nitrogens with zero attached hydrogens (tertiary/aromatic N) is 7. The number of aryl methyl sites for hydroxylation is 1. The molecule has 39 heavy (non-hydrogen) atoms. The molecule has 0 unspecified atom stereocenters. The molecule has 0 aliphatic carbocycles. The maximum atomic E-state index is 6.11. The molecule has 2 aromatic heterocycles. The van der Waals surface area contributed by atoms with Gasteiger partial charge in [-0.3, -0.25) is 9.58 Å². The number of aromatic nitrogens is 4. The van der Waals surface area contributed by atoms with Crippen LogP contribution in [0.2, 0.25) is 0 Å². The summed E-state index contributed by atoms with van der Waals surface area (Å²) >= 11 is 0. The van der Waals surface area contributed by atoms with E-state index in [-0.39, 0.29) is 0 Å². The average Bonchev–Trinajstić information content (AvgIpc) is 3.33. The second-order valence-electron chi connectivity index (χ2n) is 10.1. The van der Waals surface area contributed by atoms with Gasteiger partial charge in [-0.15, -0.1) is 0 Å². The first-order valence-corrected chi connectivity index (χ1v) is 13.6. The van der Waals surface area contributed by atoms with Gasteiger partial charge >= 0.3 is 0 Å². The van der Waals surface area contributed by atoms with E-state index in [4.69, 9.17) is 4.74 Å². The predicted molar refractivity (Wildman–Crippen MR) is 159 cm³/mol. The van der Waals surface area contributed by atoms with Gasteiger partial charge in [-0.25, -0.2) is 9.97 Å². The zero-order chi connectivity index (χ0) is 27.4. The minimum atomic E-state index is 0.575. The van der Waals surface area contributed by atoms with Crippen LogP contribution in [0.1, 0.15) is 6.92 Å². The predicted octanol–water partition coefficient (Wildman–Crippen LogP) is 3.90. The molecule has 10 nitrogen and oxygen atoms in total. The number of benzene rings is 2. The number of likely N-dealkylation sites (N-methyl/N-ethyl adjacent to an activating group) is 1. The van der Waals surface area contributed by atoms with Gasteiger partial charge in [0, 0.05) is 76.4 Å². The summed E-state index contributed by atoms with van der Waals surface area (Å²) in [6, 6.07) is 12.5. The minimum absolute atomic E-state index is 0.575. The number of ether oxygens (including phenoxy) is 1. The highest BCUT2D eigenvalue weighted by Gasteiger charge is 2.21. The lowest BCUT2D eigenvalue weighted by Gasteiger charge is -2.37. The van der Waals surface area contributed by atoms with Gasteiger partial charge in [-0.2, -0.15) is 5.10 Å². The van der Waals surface area contributed by atoms with E-state index in [9.17, 15) is 0 Å².